The fourth-order valence-corrected chi connectivity index (χ4v) is 3.06. The number of carboxylic acid groups (broad SMARTS) is 1. The molecular formula is C18H22N2O4S. The Morgan fingerprint density at radius 3 is 2.60 bits per heavy atom. The van der Waals surface area contributed by atoms with E-state index in [1.165, 1.54) is 11.3 Å². The maximum Gasteiger partial charge on any atom is 0.317 e. The Bertz CT molecular complexity index is 661. The number of benzene rings is 1. The minimum Gasteiger partial charge on any atom is -0.481 e. The monoisotopic (exact) mass is 362 g/mol. The molecule has 0 aliphatic carbocycles. The first kappa shape index (κ1) is 19.0. The number of nitrogens with zero attached hydrogens (tertiary/aromatic N) is 1. The van der Waals surface area contributed by atoms with Gasteiger partial charge in [0.1, 0.15) is 0 Å². The van der Waals surface area contributed by atoms with Crippen molar-refractivity contribution >= 4 is 23.3 Å². The Morgan fingerprint density at radius 2 is 1.96 bits per heavy atom. The van der Waals surface area contributed by atoms with Gasteiger partial charge in [0.25, 0.3) is 0 Å². The Hall–Kier alpha value is -2.38. The number of thiophene rings is 1. The van der Waals surface area contributed by atoms with Crippen molar-refractivity contribution in [2.45, 2.75) is 25.5 Å². The Morgan fingerprint density at radius 1 is 1.20 bits per heavy atom. The second-order valence-corrected chi connectivity index (χ2v) is 6.45. The van der Waals surface area contributed by atoms with E-state index in [9.17, 15) is 14.7 Å². The third kappa shape index (κ3) is 6.56. The summed E-state index contributed by atoms with van der Waals surface area (Å²) in [6.45, 7) is 0.814. The first-order valence-electron chi connectivity index (χ1n) is 8.05. The van der Waals surface area contributed by atoms with Crippen molar-refractivity contribution in [1.82, 2.24) is 10.2 Å². The molecule has 1 atom stereocenters. The zero-order valence-electron chi connectivity index (χ0n) is 13.8. The van der Waals surface area contributed by atoms with Crippen molar-refractivity contribution in [2.75, 3.05) is 13.1 Å². The summed E-state index contributed by atoms with van der Waals surface area (Å²) < 4.78 is 0. The summed E-state index contributed by atoms with van der Waals surface area (Å²) in [5, 5.41) is 25.5. The van der Waals surface area contributed by atoms with E-state index in [1.807, 2.05) is 47.2 Å². The highest BCUT2D eigenvalue weighted by atomic mass is 32.1. The van der Waals surface area contributed by atoms with Crippen LogP contribution in [0, 0.1) is 0 Å². The fraction of sp³-hybridized carbons (Fsp3) is 0.333. The van der Waals surface area contributed by atoms with E-state index in [1.54, 1.807) is 4.90 Å². The number of aliphatic carboxylic acids is 1. The van der Waals surface area contributed by atoms with Crippen LogP contribution in [-0.2, 0) is 11.3 Å². The van der Waals surface area contributed by atoms with Gasteiger partial charge in [-0.15, -0.1) is 0 Å². The molecule has 3 N–H and O–H groups in total. The SMILES string of the molecule is O=C(O)CCCNC(=O)N(Cc1ccccc1)CC(O)c1ccsc1. The minimum absolute atomic E-state index is 0.0104. The van der Waals surface area contributed by atoms with Gasteiger partial charge in [-0.3, -0.25) is 4.79 Å². The summed E-state index contributed by atoms with van der Waals surface area (Å²) in [5.41, 5.74) is 1.74. The average Bonchev–Trinajstić information content (AvgIpc) is 3.13. The van der Waals surface area contributed by atoms with Gasteiger partial charge in [-0.25, -0.2) is 4.79 Å². The van der Waals surface area contributed by atoms with Gasteiger partial charge in [0.05, 0.1) is 12.6 Å². The van der Waals surface area contributed by atoms with Crippen molar-refractivity contribution < 1.29 is 19.8 Å². The van der Waals surface area contributed by atoms with Crippen LogP contribution in [0.5, 0.6) is 0 Å². The van der Waals surface area contributed by atoms with E-state index in [-0.39, 0.29) is 25.5 Å². The Balaban J connectivity index is 1.97. The lowest BCUT2D eigenvalue weighted by Crippen LogP contribution is -2.42. The summed E-state index contributed by atoms with van der Waals surface area (Å²) in [4.78, 5) is 24.5. The highest BCUT2D eigenvalue weighted by Crippen LogP contribution is 2.18. The Labute approximate surface area is 150 Å². The number of carboxylic acids is 1. The summed E-state index contributed by atoms with van der Waals surface area (Å²) in [7, 11) is 0. The maximum atomic E-state index is 12.5. The fourth-order valence-electron chi connectivity index (χ4n) is 2.35. The first-order chi connectivity index (χ1) is 12.1. The number of aliphatic hydroxyl groups excluding tert-OH is 1. The summed E-state index contributed by atoms with van der Waals surface area (Å²) in [5.74, 6) is -0.886. The summed E-state index contributed by atoms with van der Waals surface area (Å²) in [6.07, 6.45) is -0.385. The number of carbonyl (C=O) groups excluding carboxylic acids is 1. The summed E-state index contributed by atoms with van der Waals surface area (Å²) in [6, 6.07) is 11.1. The van der Waals surface area contributed by atoms with Crippen LogP contribution in [0.25, 0.3) is 0 Å². The van der Waals surface area contributed by atoms with Crippen LogP contribution in [0.15, 0.2) is 47.2 Å². The molecule has 1 heterocycles. The number of nitrogens with one attached hydrogen (secondary N) is 1. The smallest absolute Gasteiger partial charge is 0.317 e. The topological polar surface area (TPSA) is 89.9 Å². The molecule has 2 rings (SSSR count). The van der Waals surface area contributed by atoms with Gasteiger partial charge in [0.15, 0.2) is 0 Å². The number of hydrogen-bond acceptors (Lipinski definition) is 4. The molecule has 7 heteroatoms. The van der Waals surface area contributed by atoms with Crippen molar-refractivity contribution in [3.8, 4) is 0 Å². The number of aliphatic hydroxyl groups is 1. The lowest BCUT2D eigenvalue weighted by molar-refractivity contribution is -0.137. The number of rotatable bonds is 9. The van der Waals surface area contributed by atoms with Crippen LogP contribution in [0.3, 0.4) is 0 Å². The Kier molecular flexibility index (Phi) is 7.43. The average molecular weight is 362 g/mol. The summed E-state index contributed by atoms with van der Waals surface area (Å²) >= 11 is 1.49. The van der Waals surface area contributed by atoms with E-state index in [2.05, 4.69) is 5.32 Å². The predicted molar refractivity (Wildman–Crippen MR) is 96.4 cm³/mol. The van der Waals surface area contributed by atoms with Crippen molar-refractivity contribution in [3.05, 3.63) is 58.3 Å². The molecule has 0 bridgehead atoms. The molecule has 1 aromatic heterocycles. The molecule has 0 radical (unpaired) electrons. The van der Waals surface area contributed by atoms with Gasteiger partial charge in [0.2, 0.25) is 0 Å². The number of urea groups is 1. The minimum atomic E-state index is -0.886. The van der Waals surface area contributed by atoms with Gasteiger partial charge >= 0.3 is 12.0 Å². The van der Waals surface area contributed by atoms with Crippen LogP contribution in [0.4, 0.5) is 4.79 Å². The zero-order valence-corrected chi connectivity index (χ0v) is 14.6. The molecular weight excluding hydrogens is 340 g/mol. The second kappa shape index (κ2) is 9.80. The normalized spacial score (nSPS) is 11.7. The number of amides is 2. The van der Waals surface area contributed by atoms with E-state index in [4.69, 9.17) is 5.11 Å². The highest BCUT2D eigenvalue weighted by Gasteiger charge is 2.19. The largest absolute Gasteiger partial charge is 0.481 e. The molecule has 0 aliphatic rings. The first-order valence-corrected chi connectivity index (χ1v) is 8.99. The van der Waals surface area contributed by atoms with E-state index in [0.717, 1.165) is 11.1 Å². The molecule has 0 aliphatic heterocycles. The number of hydrogen-bond donors (Lipinski definition) is 3. The molecule has 1 aromatic carbocycles. The number of carbonyl (C=O) groups is 2. The van der Waals surface area contributed by atoms with Crippen LogP contribution in [0.1, 0.15) is 30.1 Å². The molecule has 25 heavy (non-hydrogen) atoms. The van der Waals surface area contributed by atoms with Crippen molar-refractivity contribution in [3.63, 3.8) is 0 Å². The molecule has 6 nitrogen and oxygen atoms in total. The van der Waals surface area contributed by atoms with Crippen molar-refractivity contribution in [2.24, 2.45) is 0 Å². The van der Waals surface area contributed by atoms with Gasteiger partial charge < -0.3 is 20.4 Å². The van der Waals surface area contributed by atoms with E-state index in [0.29, 0.717) is 13.0 Å². The molecule has 0 saturated carbocycles. The molecule has 134 valence electrons. The zero-order chi connectivity index (χ0) is 18.1. The van der Waals surface area contributed by atoms with Crippen LogP contribution in [0.2, 0.25) is 0 Å². The van der Waals surface area contributed by atoms with Gasteiger partial charge in [-0.05, 0) is 34.4 Å². The standard InChI is InChI=1S/C18H22N2O4S/c21-16(15-8-10-25-13-15)12-20(11-14-5-2-1-3-6-14)18(24)19-9-4-7-17(22)23/h1-3,5-6,8,10,13,16,21H,4,7,9,11-12H2,(H,19,24)(H,22,23). The van der Waals surface area contributed by atoms with Crippen molar-refractivity contribution in [1.29, 1.82) is 0 Å². The molecule has 0 saturated heterocycles. The van der Waals surface area contributed by atoms with Gasteiger partial charge in [0, 0.05) is 19.5 Å². The second-order valence-electron chi connectivity index (χ2n) is 5.67. The highest BCUT2D eigenvalue weighted by molar-refractivity contribution is 7.07. The van der Waals surface area contributed by atoms with Gasteiger partial charge in [-0.2, -0.15) is 11.3 Å². The van der Waals surface area contributed by atoms with E-state index >= 15 is 0 Å². The molecule has 2 amide bonds. The predicted octanol–water partition coefficient (Wildman–Crippen LogP) is 2.86. The molecule has 1 unspecified atom stereocenters. The third-order valence-electron chi connectivity index (χ3n) is 3.67. The van der Waals surface area contributed by atoms with Crippen LogP contribution < -0.4 is 5.32 Å². The third-order valence-corrected chi connectivity index (χ3v) is 4.37. The van der Waals surface area contributed by atoms with Gasteiger partial charge in [-0.1, -0.05) is 30.3 Å². The lowest BCUT2D eigenvalue weighted by atomic mass is 10.1. The molecule has 0 spiro atoms. The lowest BCUT2D eigenvalue weighted by Gasteiger charge is -2.25. The van der Waals surface area contributed by atoms with Crippen LogP contribution >= 0.6 is 11.3 Å². The molecule has 0 fully saturated rings. The quantitative estimate of drug-likeness (QED) is 0.598. The molecule has 2 aromatic rings. The maximum absolute atomic E-state index is 12.5. The van der Waals surface area contributed by atoms with Crippen LogP contribution in [-0.4, -0.2) is 40.2 Å². The van der Waals surface area contributed by atoms with E-state index < -0.39 is 12.1 Å².